The van der Waals surface area contributed by atoms with Crippen LogP contribution in [0.4, 0.5) is 0 Å². The van der Waals surface area contributed by atoms with Gasteiger partial charge in [-0.2, -0.15) is 0 Å². The molecule has 0 aromatic heterocycles. The van der Waals surface area contributed by atoms with Crippen LogP contribution in [-0.4, -0.2) is 50.6 Å². The van der Waals surface area contributed by atoms with Crippen molar-refractivity contribution in [3.63, 3.8) is 0 Å². The molecule has 0 bridgehead atoms. The quantitative estimate of drug-likeness (QED) is 0.460. The minimum absolute atomic E-state index is 0.0983. The molecule has 0 radical (unpaired) electrons. The van der Waals surface area contributed by atoms with Gasteiger partial charge < -0.3 is 25.7 Å². The third-order valence-corrected chi connectivity index (χ3v) is 4.69. The maximum absolute atomic E-state index is 12.0. The molecular weight excluding hydrogens is 314 g/mol. The predicted octanol–water partition coefficient (Wildman–Crippen LogP) is 0.325. The second kappa shape index (κ2) is 7.24. The van der Waals surface area contributed by atoms with Gasteiger partial charge >= 0.3 is 5.97 Å². The highest BCUT2D eigenvalue weighted by Crippen LogP contribution is 2.28. The molecule has 2 atom stereocenters. The van der Waals surface area contributed by atoms with Crippen LogP contribution in [0.3, 0.4) is 0 Å². The Morgan fingerprint density at radius 2 is 1.92 bits per heavy atom. The Hall–Kier alpha value is -2.04. The smallest absolute Gasteiger partial charge is 0.306 e. The van der Waals surface area contributed by atoms with Crippen molar-refractivity contribution in [1.29, 1.82) is 0 Å². The molecule has 2 aliphatic carbocycles. The number of aliphatic hydroxyl groups is 3. The van der Waals surface area contributed by atoms with Gasteiger partial charge in [0.25, 0.3) is 0 Å². The van der Waals surface area contributed by atoms with E-state index in [0.29, 0.717) is 19.4 Å². The van der Waals surface area contributed by atoms with Gasteiger partial charge in [0.15, 0.2) is 11.7 Å². The van der Waals surface area contributed by atoms with E-state index in [0.717, 1.165) is 12.8 Å². The topological polar surface area (TPSA) is 127 Å². The second-order valence-corrected chi connectivity index (χ2v) is 6.70. The van der Waals surface area contributed by atoms with Crippen molar-refractivity contribution in [2.24, 2.45) is 11.8 Å². The summed E-state index contributed by atoms with van der Waals surface area (Å²) in [6.07, 6.45) is 1.05. The first-order valence-corrected chi connectivity index (χ1v) is 8.06. The summed E-state index contributed by atoms with van der Waals surface area (Å²) in [6.45, 7) is 1.73. The molecule has 7 nitrogen and oxygen atoms in total. The van der Waals surface area contributed by atoms with E-state index in [9.17, 15) is 24.9 Å². The van der Waals surface area contributed by atoms with E-state index in [2.05, 4.69) is 17.2 Å². The van der Waals surface area contributed by atoms with Gasteiger partial charge in [-0.25, -0.2) is 0 Å². The summed E-state index contributed by atoms with van der Waals surface area (Å²) in [4.78, 5) is 22.9. The van der Waals surface area contributed by atoms with Crippen LogP contribution in [0.15, 0.2) is 11.3 Å². The lowest BCUT2D eigenvalue weighted by Gasteiger charge is -2.27. The van der Waals surface area contributed by atoms with Crippen molar-refractivity contribution in [3.05, 3.63) is 11.3 Å². The van der Waals surface area contributed by atoms with Gasteiger partial charge in [-0.3, -0.25) is 9.59 Å². The molecule has 132 valence electrons. The first-order chi connectivity index (χ1) is 11.2. The number of aliphatic carboxylic acids is 1. The molecule has 5 N–H and O–H groups in total. The van der Waals surface area contributed by atoms with Gasteiger partial charge in [0, 0.05) is 6.54 Å². The number of nitrogens with one attached hydrogen (secondary N) is 1. The molecule has 1 unspecified atom stereocenters. The number of carboxylic acids is 1. The van der Waals surface area contributed by atoms with Gasteiger partial charge in [-0.05, 0) is 38.5 Å². The fraction of sp³-hybridized carbons (Fsp3) is 0.647. The van der Waals surface area contributed by atoms with Crippen molar-refractivity contribution >= 4 is 11.9 Å². The number of aliphatic hydroxyl groups excluding tert-OH is 2. The van der Waals surface area contributed by atoms with E-state index >= 15 is 0 Å². The summed E-state index contributed by atoms with van der Waals surface area (Å²) in [6, 6.07) is 0. The normalized spacial score (nSPS) is 32.7. The van der Waals surface area contributed by atoms with E-state index in [1.54, 1.807) is 0 Å². The molecule has 2 rings (SSSR count). The first-order valence-electron chi connectivity index (χ1n) is 8.06. The third-order valence-electron chi connectivity index (χ3n) is 4.69. The number of carbonyl (C=O) groups excluding carboxylic acids is 1. The van der Waals surface area contributed by atoms with Gasteiger partial charge in [0.2, 0.25) is 5.91 Å². The minimum atomic E-state index is -1.73. The van der Waals surface area contributed by atoms with Crippen LogP contribution < -0.4 is 5.32 Å². The Bertz CT molecular complexity index is 604. The standard InChI is InChI=1S/C17H23NO6/c1-17(24)7-6-12(14(20)15(17)21)8-13(19)18-9-10-2-4-11(5-3-10)16(22)23/h10-11,15,20-21,24H,2-5,8-9H2,1H3,(H,18,19)(H,22,23)/t10?,11?,15?,17-/m1/s1. The molecule has 0 spiro atoms. The largest absolute Gasteiger partial charge is 0.508 e. The average molecular weight is 337 g/mol. The molecule has 1 fully saturated rings. The van der Waals surface area contributed by atoms with Crippen LogP contribution in [0.1, 0.15) is 39.0 Å². The highest BCUT2D eigenvalue weighted by atomic mass is 16.4. The fourth-order valence-corrected chi connectivity index (χ4v) is 3.00. The zero-order valence-electron chi connectivity index (χ0n) is 13.6. The van der Waals surface area contributed by atoms with Crippen LogP contribution in [-0.2, 0) is 9.59 Å². The van der Waals surface area contributed by atoms with E-state index in [1.807, 2.05) is 0 Å². The maximum Gasteiger partial charge on any atom is 0.306 e. The minimum Gasteiger partial charge on any atom is -0.508 e. The molecule has 1 saturated carbocycles. The van der Waals surface area contributed by atoms with Crippen LogP contribution >= 0.6 is 0 Å². The number of hydrogen-bond donors (Lipinski definition) is 5. The van der Waals surface area contributed by atoms with Crippen molar-refractivity contribution < 1.29 is 30.0 Å². The van der Waals surface area contributed by atoms with E-state index < -0.39 is 23.4 Å². The molecule has 0 heterocycles. The second-order valence-electron chi connectivity index (χ2n) is 6.70. The number of carboxylic acid groups (broad SMARTS) is 1. The summed E-state index contributed by atoms with van der Waals surface area (Å²) >= 11 is 0. The number of rotatable bonds is 5. The molecule has 0 aliphatic heterocycles. The van der Waals surface area contributed by atoms with Gasteiger partial charge in [-0.15, -0.1) is 0 Å². The maximum atomic E-state index is 12.0. The molecule has 1 amide bonds. The first kappa shape index (κ1) is 18.3. The SMILES string of the molecule is C[C@@]1(O)C#CC(CC(=O)NCC2CCC(C(=O)O)CC2)=C(O)C1O. The van der Waals surface area contributed by atoms with Crippen molar-refractivity contribution in [2.75, 3.05) is 6.54 Å². The molecule has 7 heteroatoms. The van der Waals surface area contributed by atoms with Crippen molar-refractivity contribution in [2.45, 2.75) is 50.7 Å². The molecule has 0 saturated heterocycles. The van der Waals surface area contributed by atoms with Crippen molar-refractivity contribution in [3.8, 4) is 11.8 Å². The number of amides is 1. The van der Waals surface area contributed by atoms with E-state index in [-0.39, 0.29) is 29.7 Å². The lowest BCUT2D eigenvalue weighted by Crippen LogP contribution is -2.41. The van der Waals surface area contributed by atoms with Crippen LogP contribution in [0.25, 0.3) is 0 Å². The summed E-state index contributed by atoms with van der Waals surface area (Å²) in [5.41, 5.74) is -1.63. The lowest BCUT2D eigenvalue weighted by atomic mass is 9.82. The molecule has 24 heavy (non-hydrogen) atoms. The van der Waals surface area contributed by atoms with E-state index in [1.165, 1.54) is 6.92 Å². The Kier molecular flexibility index (Phi) is 5.52. The zero-order chi connectivity index (χ0) is 17.9. The molecular formula is C17H23NO6. The Balaban J connectivity index is 1.81. The predicted molar refractivity (Wildman–Crippen MR) is 84.8 cm³/mol. The molecule has 0 aromatic carbocycles. The van der Waals surface area contributed by atoms with Crippen LogP contribution in [0.2, 0.25) is 0 Å². The summed E-state index contributed by atoms with van der Waals surface area (Å²) in [5, 5.41) is 41.1. The highest BCUT2D eigenvalue weighted by Gasteiger charge is 2.36. The molecule has 2 aliphatic rings. The third kappa shape index (κ3) is 4.28. The lowest BCUT2D eigenvalue weighted by molar-refractivity contribution is -0.143. The number of carbonyl (C=O) groups is 2. The Morgan fingerprint density at radius 1 is 1.29 bits per heavy atom. The van der Waals surface area contributed by atoms with Crippen molar-refractivity contribution in [1.82, 2.24) is 5.32 Å². The summed E-state index contributed by atoms with van der Waals surface area (Å²) < 4.78 is 0. The Labute approximate surface area is 140 Å². The molecule has 0 aromatic rings. The average Bonchev–Trinajstić information content (AvgIpc) is 2.54. The van der Waals surface area contributed by atoms with Gasteiger partial charge in [0.05, 0.1) is 17.9 Å². The summed E-state index contributed by atoms with van der Waals surface area (Å²) in [5.74, 6) is 3.33. The van der Waals surface area contributed by atoms with Gasteiger partial charge in [-0.1, -0.05) is 11.8 Å². The number of hydrogen-bond acceptors (Lipinski definition) is 5. The van der Waals surface area contributed by atoms with Crippen LogP contribution in [0, 0.1) is 23.7 Å². The Morgan fingerprint density at radius 3 is 2.50 bits per heavy atom. The fourth-order valence-electron chi connectivity index (χ4n) is 3.00. The van der Waals surface area contributed by atoms with E-state index in [4.69, 9.17) is 5.11 Å². The zero-order valence-corrected chi connectivity index (χ0v) is 13.6. The monoisotopic (exact) mass is 337 g/mol. The van der Waals surface area contributed by atoms with Gasteiger partial charge in [0.1, 0.15) is 5.76 Å². The summed E-state index contributed by atoms with van der Waals surface area (Å²) in [7, 11) is 0. The highest BCUT2D eigenvalue weighted by molar-refractivity contribution is 5.80. The van der Waals surface area contributed by atoms with Crippen LogP contribution in [0.5, 0.6) is 0 Å².